The third kappa shape index (κ3) is 4.24. The van der Waals surface area contributed by atoms with Crippen LogP contribution in [0, 0.1) is 35.1 Å². The highest BCUT2D eigenvalue weighted by atomic mass is 19.4. The topological polar surface area (TPSA) is 9.23 Å². The number of alkyl halides is 3. The van der Waals surface area contributed by atoms with Gasteiger partial charge in [-0.05, 0) is 91.2 Å². The first kappa shape index (κ1) is 22.7. The Balaban J connectivity index is 1.77. The van der Waals surface area contributed by atoms with Gasteiger partial charge in [-0.1, -0.05) is 12.2 Å². The molecule has 0 bridgehead atoms. The summed E-state index contributed by atoms with van der Waals surface area (Å²) in [5, 5.41) is 0. The van der Waals surface area contributed by atoms with Crippen LogP contribution in [0.3, 0.4) is 0 Å². The molecule has 2 aromatic rings. The van der Waals surface area contributed by atoms with Gasteiger partial charge >= 0.3 is 6.36 Å². The molecule has 2 aromatic carbocycles. The molecule has 4 rings (SSSR count). The lowest BCUT2D eigenvalue weighted by atomic mass is 9.58. The largest absolute Gasteiger partial charge is 0.573 e. The van der Waals surface area contributed by atoms with Crippen LogP contribution in [0.25, 0.3) is 0 Å². The van der Waals surface area contributed by atoms with E-state index in [4.69, 9.17) is 0 Å². The Hall–Kier alpha value is -2.51. The van der Waals surface area contributed by atoms with Gasteiger partial charge in [0.2, 0.25) is 5.75 Å². The van der Waals surface area contributed by atoms with Crippen molar-refractivity contribution in [3.63, 3.8) is 0 Å². The minimum Gasteiger partial charge on any atom is -0.399 e. The summed E-state index contributed by atoms with van der Waals surface area (Å²) in [4.78, 5) is 0. The molecular formula is C24H21F7O. The molecule has 1 fully saturated rings. The van der Waals surface area contributed by atoms with Gasteiger partial charge in [-0.2, -0.15) is 0 Å². The van der Waals surface area contributed by atoms with Gasteiger partial charge in [0, 0.05) is 6.07 Å². The number of halogens is 7. The second kappa shape index (κ2) is 8.45. The highest BCUT2D eigenvalue weighted by Gasteiger charge is 2.44. The minimum absolute atomic E-state index is 0.116. The van der Waals surface area contributed by atoms with Gasteiger partial charge < -0.3 is 4.74 Å². The quantitative estimate of drug-likeness (QED) is 0.341. The van der Waals surface area contributed by atoms with Crippen LogP contribution in [0.4, 0.5) is 30.7 Å². The van der Waals surface area contributed by atoms with Gasteiger partial charge in [0.25, 0.3) is 0 Å². The van der Waals surface area contributed by atoms with Crippen molar-refractivity contribution in [2.24, 2.45) is 11.8 Å². The lowest BCUT2D eigenvalue weighted by molar-refractivity contribution is -0.276. The van der Waals surface area contributed by atoms with Crippen LogP contribution < -0.4 is 4.74 Å². The van der Waals surface area contributed by atoms with Crippen molar-refractivity contribution in [1.82, 2.24) is 0 Å². The predicted molar refractivity (Wildman–Crippen MR) is 104 cm³/mol. The molecule has 0 radical (unpaired) electrons. The van der Waals surface area contributed by atoms with Crippen molar-refractivity contribution in [2.45, 2.75) is 50.8 Å². The molecule has 0 aromatic heterocycles. The first-order valence-electron chi connectivity index (χ1n) is 10.4. The van der Waals surface area contributed by atoms with E-state index in [-0.39, 0.29) is 23.3 Å². The van der Waals surface area contributed by atoms with E-state index in [2.05, 4.69) is 4.74 Å². The fourth-order valence-electron chi connectivity index (χ4n) is 5.57. The van der Waals surface area contributed by atoms with Crippen molar-refractivity contribution in [2.75, 3.05) is 0 Å². The maximum absolute atomic E-state index is 14.5. The number of rotatable bonds is 3. The molecule has 0 N–H and O–H groups in total. The zero-order chi connectivity index (χ0) is 23.2. The van der Waals surface area contributed by atoms with Crippen LogP contribution in [0.1, 0.15) is 54.7 Å². The van der Waals surface area contributed by atoms with Crippen LogP contribution in [0.15, 0.2) is 36.4 Å². The molecule has 0 amide bonds. The fourth-order valence-corrected chi connectivity index (χ4v) is 5.57. The summed E-state index contributed by atoms with van der Waals surface area (Å²) in [6.07, 6.45) is 0.628. The Morgan fingerprint density at radius 1 is 0.906 bits per heavy atom. The Kier molecular flexibility index (Phi) is 5.98. The van der Waals surface area contributed by atoms with Crippen LogP contribution in [-0.2, 0) is 6.42 Å². The summed E-state index contributed by atoms with van der Waals surface area (Å²) < 4.78 is 98.4. The summed E-state index contributed by atoms with van der Waals surface area (Å²) >= 11 is 0. The first-order chi connectivity index (χ1) is 15.1. The van der Waals surface area contributed by atoms with Gasteiger partial charge in [0.05, 0.1) is 0 Å². The van der Waals surface area contributed by atoms with Crippen molar-refractivity contribution in [3.05, 3.63) is 76.4 Å². The molecule has 0 heterocycles. The van der Waals surface area contributed by atoms with E-state index in [0.717, 1.165) is 18.2 Å². The Bertz CT molecular complexity index is 1020. The zero-order valence-electron chi connectivity index (χ0n) is 17.2. The zero-order valence-corrected chi connectivity index (χ0v) is 17.2. The van der Waals surface area contributed by atoms with E-state index in [1.54, 1.807) is 0 Å². The standard InChI is InChI=1S/C24H21F7O/c1-2-3-12-4-5-15-17(7-6-16-18(15)10-14(25)11-19(16)26)22(12)13-8-20(27)23(21(28)9-13)32-24(29,30)31/h2-3,8-12,15,17,22H,4-7H2,1H3. The Morgan fingerprint density at radius 2 is 1.59 bits per heavy atom. The average Bonchev–Trinajstić information content (AvgIpc) is 2.69. The Labute approximate surface area is 180 Å². The number of ether oxygens (including phenoxy) is 1. The van der Waals surface area contributed by atoms with E-state index in [1.807, 2.05) is 19.1 Å². The second-order valence-electron chi connectivity index (χ2n) is 8.42. The molecule has 0 aliphatic heterocycles. The number of fused-ring (bicyclic) bond motifs is 3. The molecule has 0 saturated heterocycles. The summed E-state index contributed by atoms with van der Waals surface area (Å²) in [5.41, 5.74) is 1.25. The van der Waals surface area contributed by atoms with E-state index in [1.165, 1.54) is 6.07 Å². The molecule has 8 heteroatoms. The first-order valence-corrected chi connectivity index (χ1v) is 10.4. The third-order valence-electron chi connectivity index (χ3n) is 6.64. The lowest BCUT2D eigenvalue weighted by Gasteiger charge is -2.46. The summed E-state index contributed by atoms with van der Waals surface area (Å²) in [6.45, 7) is 1.81. The maximum atomic E-state index is 14.5. The Morgan fingerprint density at radius 3 is 2.22 bits per heavy atom. The van der Waals surface area contributed by atoms with Gasteiger partial charge in [-0.15, -0.1) is 13.2 Å². The second-order valence-corrected chi connectivity index (χ2v) is 8.42. The van der Waals surface area contributed by atoms with Crippen molar-refractivity contribution < 1.29 is 35.5 Å². The maximum Gasteiger partial charge on any atom is 0.573 e. The highest BCUT2D eigenvalue weighted by Crippen LogP contribution is 2.55. The van der Waals surface area contributed by atoms with Gasteiger partial charge in [-0.3, -0.25) is 0 Å². The molecule has 1 saturated carbocycles. The van der Waals surface area contributed by atoms with Crippen molar-refractivity contribution >= 4 is 0 Å². The predicted octanol–water partition coefficient (Wildman–Crippen LogP) is 7.56. The summed E-state index contributed by atoms with van der Waals surface area (Å²) in [5.74, 6) is -6.58. The number of allylic oxidation sites excluding steroid dienone is 2. The van der Waals surface area contributed by atoms with Crippen LogP contribution in [-0.4, -0.2) is 6.36 Å². The number of benzene rings is 2. The summed E-state index contributed by atoms with van der Waals surface area (Å²) in [6, 6.07) is 3.95. The van der Waals surface area contributed by atoms with Gasteiger partial charge in [0.1, 0.15) is 11.6 Å². The van der Waals surface area contributed by atoms with E-state index in [0.29, 0.717) is 36.8 Å². The van der Waals surface area contributed by atoms with E-state index < -0.39 is 41.3 Å². The third-order valence-corrected chi connectivity index (χ3v) is 6.64. The van der Waals surface area contributed by atoms with Crippen LogP contribution in [0.5, 0.6) is 5.75 Å². The molecular weight excluding hydrogens is 437 g/mol. The average molecular weight is 458 g/mol. The molecule has 32 heavy (non-hydrogen) atoms. The fraction of sp³-hybridized carbons (Fsp3) is 0.417. The molecule has 0 spiro atoms. The molecule has 2 aliphatic carbocycles. The monoisotopic (exact) mass is 458 g/mol. The number of hydrogen-bond acceptors (Lipinski definition) is 1. The number of hydrogen-bond donors (Lipinski definition) is 0. The van der Waals surface area contributed by atoms with E-state index >= 15 is 0 Å². The summed E-state index contributed by atoms with van der Waals surface area (Å²) in [7, 11) is 0. The van der Waals surface area contributed by atoms with Crippen molar-refractivity contribution in [1.29, 1.82) is 0 Å². The smallest absolute Gasteiger partial charge is 0.399 e. The van der Waals surface area contributed by atoms with Crippen molar-refractivity contribution in [3.8, 4) is 5.75 Å². The van der Waals surface area contributed by atoms with Gasteiger partial charge in [0.15, 0.2) is 11.6 Å². The minimum atomic E-state index is -5.23. The van der Waals surface area contributed by atoms with Crippen LogP contribution >= 0.6 is 0 Å². The molecule has 2 aliphatic rings. The molecule has 1 nitrogen and oxygen atoms in total. The normalized spacial score (nSPS) is 25.5. The highest BCUT2D eigenvalue weighted by molar-refractivity contribution is 5.40. The van der Waals surface area contributed by atoms with Gasteiger partial charge in [-0.25, -0.2) is 17.6 Å². The van der Waals surface area contributed by atoms with E-state index in [9.17, 15) is 30.7 Å². The SMILES string of the molecule is CC=CC1CCC2c3cc(F)cc(F)c3CCC2C1c1cc(F)c(OC(F)(F)F)c(F)c1. The lowest BCUT2D eigenvalue weighted by Crippen LogP contribution is -2.35. The molecule has 4 atom stereocenters. The van der Waals surface area contributed by atoms with Crippen LogP contribution in [0.2, 0.25) is 0 Å². The molecule has 172 valence electrons. The molecule has 4 unspecified atom stereocenters.